The molecular weight excluding hydrogens is 201 g/mol. The number of hydrogen-bond acceptors (Lipinski definition) is 0. The van der Waals surface area contributed by atoms with Crippen LogP contribution in [0.5, 0.6) is 0 Å². The van der Waals surface area contributed by atoms with Crippen molar-refractivity contribution in [2.45, 2.75) is 6.42 Å². The van der Waals surface area contributed by atoms with E-state index in [1.165, 1.54) is 6.54 Å². The largest absolute Gasteiger partial charge is 1.00 e. The molecule has 0 bridgehead atoms. The van der Waals surface area contributed by atoms with Crippen LogP contribution in [0.25, 0.3) is 0 Å². The number of nitrogens with zero attached hydrogens (tertiary/aromatic N) is 1. The molecular formula is C6H15BrClN. The quantitative estimate of drug-likeness (QED) is 0.391. The molecule has 0 spiro atoms. The van der Waals surface area contributed by atoms with Crippen molar-refractivity contribution in [1.29, 1.82) is 0 Å². The molecule has 58 valence electrons. The predicted molar refractivity (Wildman–Crippen MR) is 38.2 cm³/mol. The monoisotopic (exact) mass is 215 g/mol. The van der Waals surface area contributed by atoms with Gasteiger partial charge in [-0.3, -0.25) is 0 Å². The lowest BCUT2D eigenvalue weighted by atomic mass is 10.4. The fraction of sp³-hybridized carbons (Fsp3) is 1.00. The molecule has 0 aliphatic carbocycles. The van der Waals surface area contributed by atoms with Crippen molar-refractivity contribution < 1.29 is 21.5 Å². The average molecular weight is 217 g/mol. The molecule has 0 fully saturated rings. The highest BCUT2D eigenvalue weighted by Crippen LogP contribution is 1.93. The number of halogens is 2. The zero-order chi connectivity index (χ0) is 6.62. The van der Waals surface area contributed by atoms with E-state index >= 15 is 0 Å². The Bertz CT molecular complexity index is 60.6. The Morgan fingerprint density at radius 1 is 1.22 bits per heavy atom. The maximum Gasteiger partial charge on any atom is 0.0791 e. The first kappa shape index (κ1) is 12.4. The van der Waals surface area contributed by atoms with E-state index in [0.717, 1.165) is 16.8 Å². The first-order valence-electron chi connectivity index (χ1n) is 2.93. The van der Waals surface area contributed by atoms with E-state index in [9.17, 15) is 0 Å². The molecule has 0 saturated heterocycles. The van der Waals surface area contributed by atoms with Crippen molar-refractivity contribution in [3.63, 3.8) is 0 Å². The summed E-state index contributed by atoms with van der Waals surface area (Å²) in [7, 11) is 6.52. The lowest BCUT2D eigenvalue weighted by molar-refractivity contribution is -0.870. The van der Waals surface area contributed by atoms with E-state index in [2.05, 4.69) is 21.1 Å². The van der Waals surface area contributed by atoms with Gasteiger partial charge in [0.05, 0.1) is 27.7 Å². The lowest BCUT2D eigenvalue weighted by Gasteiger charge is -2.22. The molecule has 0 unspecified atom stereocenters. The van der Waals surface area contributed by atoms with Crippen molar-refractivity contribution in [1.82, 2.24) is 0 Å². The van der Waals surface area contributed by atoms with Crippen molar-refractivity contribution >= 4 is 11.6 Å². The topological polar surface area (TPSA) is 0 Å². The zero-order valence-electron chi connectivity index (χ0n) is 6.32. The van der Waals surface area contributed by atoms with Crippen LogP contribution in [0.2, 0.25) is 0 Å². The van der Waals surface area contributed by atoms with Crippen molar-refractivity contribution in [3.05, 3.63) is 0 Å². The van der Waals surface area contributed by atoms with Crippen LogP contribution in [0.15, 0.2) is 0 Å². The highest BCUT2D eigenvalue weighted by atomic mass is 79.9. The van der Waals surface area contributed by atoms with E-state index in [1.54, 1.807) is 0 Å². The minimum atomic E-state index is 0. The summed E-state index contributed by atoms with van der Waals surface area (Å²) >= 11 is 5.50. The van der Waals surface area contributed by atoms with Crippen LogP contribution < -0.4 is 17.0 Å². The molecule has 3 heteroatoms. The number of rotatable bonds is 3. The van der Waals surface area contributed by atoms with Crippen molar-refractivity contribution in [3.8, 4) is 0 Å². The molecule has 0 atom stereocenters. The van der Waals surface area contributed by atoms with Gasteiger partial charge in [-0.1, -0.05) is 0 Å². The third-order valence-corrected chi connectivity index (χ3v) is 1.23. The Balaban J connectivity index is 0. The minimum Gasteiger partial charge on any atom is -1.00 e. The fourth-order valence-electron chi connectivity index (χ4n) is 0.534. The van der Waals surface area contributed by atoms with Crippen LogP contribution in [0, 0.1) is 0 Å². The van der Waals surface area contributed by atoms with Crippen molar-refractivity contribution in [2.24, 2.45) is 0 Å². The van der Waals surface area contributed by atoms with Crippen LogP contribution in [0.3, 0.4) is 0 Å². The van der Waals surface area contributed by atoms with E-state index in [4.69, 9.17) is 11.6 Å². The first-order chi connectivity index (χ1) is 3.56. The summed E-state index contributed by atoms with van der Waals surface area (Å²) in [5.74, 6) is 0.787. The van der Waals surface area contributed by atoms with Gasteiger partial charge in [0.2, 0.25) is 0 Å². The van der Waals surface area contributed by atoms with Crippen LogP contribution in [-0.2, 0) is 0 Å². The van der Waals surface area contributed by atoms with Crippen LogP contribution in [-0.4, -0.2) is 38.1 Å². The maximum absolute atomic E-state index is 5.50. The highest BCUT2D eigenvalue weighted by Gasteiger charge is 2.03. The summed E-state index contributed by atoms with van der Waals surface area (Å²) < 4.78 is 1.02. The molecule has 0 saturated carbocycles. The molecule has 0 aromatic heterocycles. The molecule has 0 aliphatic heterocycles. The Hall–Kier alpha value is 0.730. The fourth-order valence-corrected chi connectivity index (χ4v) is 0.654. The minimum absolute atomic E-state index is 0. The lowest BCUT2D eigenvalue weighted by Crippen LogP contribution is -3.00. The van der Waals surface area contributed by atoms with Gasteiger partial charge in [-0.05, 0) is 0 Å². The van der Waals surface area contributed by atoms with Gasteiger partial charge in [0.15, 0.2) is 0 Å². The summed E-state index contributed by atoms with van der Waals surface area (Å²) in [6.45, 7) is 1.17. The van der Waals surface area contributed by atoms with Crippen LogP contribution in [0.4, 0.5) is 0 Å². The summed E-state index contributed by atoms with van der Waals surface area (Å²) in [6, 6.07) is 0. The second kappa shape index (κ2) is 5.51. The normalized spacial score (nSPS) is 10.7. The number of quaternary nitrogens is 1. The highest BCUT2D eigenvalue weighted by molar-refractivity contribution is 6.17. The number of hydrogen-bond donors (Lipinski definition) is 0. The first-order valence-corrected chi connectivity index (χ1v) is 3.46. The summed E-state index contributed by atoms with van der Waals surface area (Å²) in [6.07, 6.45) is 1.12. The Morgan fingerprint density at radius 3 is 1.78 bits per heavy atom. The van der Waals surface area contributed by atoms with Gasteiger partial charge in [-0.2, -0.15) is 0 Å². The van der Waals surface area contributed by atoms with Gasteiger partial charge in [0.1, 0.15) is 0 Å². The molecule has 0 aromatic carbocycles. The van der Waals surface area contributed by atoms with Crippen LogP contribution >= 0.6 is 11.6 Å². The Labute approximate surface area is 73.3 Å². The smallest absolute Gasteiger partial charge is 0.0791 e. The summed E-state index contributed by atoms with van der Waals surface area (Å²) in [4.78, 5) is 0. The molecule has 0 heterocycles. The summed E-state index contributed by atoms with van der Waals surface area (Å²) in [5, 5.41) is 0. The molecule has 0 amide bonds. The molecule has 1 nitrogen and oxygen atoms in total. The molecule has 0 rings (SSSR count). The van der Waals surface area contributed by atoms with Crippen LogP contribution in [0.1, 0.15) is 6.42 Å². The van der Waals surface area contributed by atoms with Gasteiger partial charge in [0.25, 0.3) is 0 Å². The molecule has 0 radical (unpaired) electrons. The molecule has 0 N–H and O–H groups in total. The third-order valence-electron chi connectivity index (χ3n) is 0.963. The Kier molecular flexibility index (Phi) is 7.60. The molecule has 0 aromatic rings. The Morgan fingerprint density at radius 2 is 1.67 bits per heavy atom. The SMILES string of the molecule is C[N+](C)(C)CCCCl.[Br-]. The third kappa shape index (κ3) is 12.0. The predicted octanol–water partition coefficient (Wildman–Crippen LogP) is -1.67. The standard InChI is InChI=1S/C6H15ClN.BrH/c1-8(2,3)6-4-5-7;/h4-6H2,1-3H3;1H/q+1;/p-1. The average Bonchev–Trinajstić information content (AvgIpc) is 1.59. The van der Waals surface area contributed by atoms with E-state index < -0.39 is 0 Å². The van der Waals surface area contributed by atoms with Gasteiger partial charge in [-0.15, -0.1) is 11.6 Å². The second-order valence-corrected chi connectivity index (χ2v) is 3.43. The molecule has 0 aliphatic rings. The van der Waals surface area contributed by atoms with E-state index in [0.29, 0.717) is 0 Å². The van der Waals surface area contributed by atoms with Gasteiger partial charge < -0.3 is 21.5 Å². The maximum atomic E-state index is 5.50. The zero-order valence-corrected chi connectivity index (χ0v) is 8.67. The van der Waals surface area contributed by atoms with E-state index in [1.807, 2.05) is 0 Å². The van der Waals surface area contributed by atoms with Gasteiger partial charge in [0, 0.05) is 12.3 Å². The summed E-state index contributed by atoms with van der Waals surface area (Å²) in [5.41, 5.74) is 0. The number of alkyl halides is 1. The van der Waals surface area contributed by atoms with E-state index in [-0.39, 0.29) is 17.0 Å². The molecule has 9 heavy (non-hydrogen) atoms. The second-order valence-electron chi connectivity index (χ2n) is 3.06. The van der Waals surface area contributed by atoms with Gasteiger partial charge >= 0.3 is 0 Å². The van der Waals surface area contributed by atoms with Gasteiger partial charge in [-0.25, -0.2) is 0 Å². The van der Waals surface area contributed by atoms with Crippen molar-refractivity contribution in [2.75, 3.05) is 33.6 Å².